The second-order valence-corrected chi connectivity index (χ2v) is 9.07. The molecule has 1 aromatic heterocycles. The van der Waals surface area contributed by atoms with Gasteiger partial charge in [-0.25, -0.2) is 13.4 Å². The van der Waals surface area contributed by atoms with E-state index in [2.05, 4.69) is 4.98 Å². The van der Waals surface area contributed by atoms with E-state index >= 15 is 0 Å². The zero-order chi connectivity index (χ0) is 22.2. The number of alkyl halides is 3. The van der Waals surface area contributed by atoms with E-state index in [0.717, 1.165) is 23.0 Å². The summed E-state index contributed by atoms with van der Waals surface area (Å²) in [7, 11) is -3.68. The van der Waals surface area contributed by atoms with Crippen molar-refractivity contribution in [1.29, 1.82) is 0 Å². The van der Waals surface area contributed by atoms with E-state index in [4.69, 9.17) is 0 Å². The molecule has 0 saturated carbocycles. The van der Waals surface area contributed by atoms with Gasteiger partial charge in [0.1, 0.15) is 5.82 Å². The largest absolute Gasteiger partial charge is 0.454 e. The number of hydrogen-bond donors (Lipinski definition) is 0. The molecule has 0 radical (unpaired) electrons. The lowest BCUT2D eigenvalue weighted by molar-refractivity contribution is -0.0885. The highest BCUT2D eigenvalue weighted by Crippen LogP contribution is 2.25. The van der Waals surface area contributed by atoms with Crippen molar-refractivity contribution in [2.45, 2.75) is 11.1 Å². The number of ketones is 1. The van der Waals surface area contributed by atoms with Gasteiger partial charge in [-0.05, 0) is 35.0 Å². The first-order valence-corrected chi connectivity index (χ1v) is 10.9. The smallest absolute Gasteiger partial charge is 0.354 e. The number of nitrogens with zero attached hydrogens (tertiary/aromatic N) is 3. The number of sulfonamides is 1. The van der Waals surface area contributed by atoms with E-state index in [1.54, 1.807) is 23.1 Å². The number of carbonyl (C=O) groups is 1. The Labute approximate surface area is 177 Å². The van der Waals surface area contributed by atoms with Crippen molar-refractivity contribution in [1.82, 2.24) is 9.29 Å². The summed E-state index contributed by atoms with van der Waals surface area (Å²) in [6.07, 6.45) is -4.06. The fraction of sp³-hybridized carbons (Fsp3) is 0.238. The summed E-state index contributed by atoms with van der Waals surface area (Å²) in [5, 5.41) is 1.78. The highest BCUT2D eigenvalue weighted by Gasteiger charge is 2.39. The van der Waals surface area contributed by atoms with E-state index < -0.39 is 27.5 Å². The van der Waals surface area contributed by atoms with Gasteiger partial charge in [0.25, 0.3) is 5.78 Å². The van der Waals surface area contributed by atoms with Crippen LogP contribution in [0.15, 0.2) is 65.7 Å². The SMILES string of the molecule is O=C(c1ccc(N2CCN(S(=O)(=O)c3ccc4ccccc4c3)CC2)nc1)C(F)(F)F. The van der Waals surface area contributed by atoms with E-state index in [-0.39, 0.29) is 18.0 Å². The molecule has 1 aliphatic heterocycles. The summed E-state index contributed by atoms with van der Waals surface area (Å²) in [4.78, 5) is 17.2. The second-order valence-electron chi connectivity index (χ2n) is 7.13. The molecule has 2 aromatic carbocycles. The van der Waals surface area contributed by atoms with Crippen LogP contribution in [0.1, 0.15) is 10.4 Å². The van der Waals surface area contributed by atoms with Gasteiger partial charge in [-0.1, -0.05) is 30.3 Å². The molecule has 0 atom stereocenters. The van der Waals surface area contributed by atoms with Gasteiger partial charge in [-0.2, -0.15) is 17.5 Å². The highest BCUT2D eigenvalue weighted by molar-refractivity contribution is 7.89. The predicted octanol–water partition coefficient (Wildman–Crippen LogP) is 3.49. The molecule has 0 amide bonds. The van der Waals surface area contributed by atoms with Gasteiger partial charge in [0, 0.05) is 37.9 Å². The minimum Gasteiger partial charge on any atom is -0.354 e. The molecule has 1 saturated heterocycles. The third-order valence-electron chi connectivity index (χ3n) is 5.19. The Morgan fingerprint density at radius 2 is 1.58 bits per heavy atom. The van der Waals surface area contributed by atoms with Crippen LogP contribution in [-0.4, -0.2) is 55.8 Å². The minimum absolute atomic E-state index is 0.208. The van der Waals surface area contributed by atoms with Gasteiger partial charge in [-0.3, -0.25) is 4.79 Å². The van der Waals surface area contributed by atoms with Gasteiger partial charge in [0.2, 0.25) is 10.0 Å². The zero-order valence-electron chi connectivity index (χ0n) is 16.2. The fourth-order valence-corrected chi connectivity index (χ4v) is 4.96. The molecule has 31 heavy (non-hydrogen) atoms. The molecule has 0 aliphatic carbocycles. The van der Waals surface area contributed by atoms with Crippen molar-refractivity contribution in [3.05, 3.63) is 66.4 Å². The van der Waals surface area contributed by atoms with Crippen molar-refractivity contribution >= 4 is 32.4 Å². The second kappa shape index (κ2) is 7.93. The quantitative estimate of drug-likeness (QED) is 0.571. The van der Waals surface area contributed by atoms with Crippen molar-refractivity contribution in [2.24, 2.45) is 0 Å². The zero-order valence-corrected chi connectivity index (χ0v) is 17.0. The number of aromatic nitrogens is 1. The normalized spacial score (nSPS) is 15.9. The molecular formula is C21H18F3N3O3S. The first kappa shape index (κ1) is 21.3. The summed E-state index contributed by atoms with van der Waals surface area (Å²) in [6.45, 7) is 1.07. The Morgan fingerprint density at radius 3 is 2.19 bits per heavy atom. The van der Waals surface area contributed by atoms with Crippen LogP contribution in [0.4, 0.5) is 19.0 Å². The maximum Gasteiger partial charge on any atom is 0.454 e. The van der Waals surface area contributed by atoms with E-state index in [0.29, 0.717) is 18.9 Å². The van der Waals surface area contributed by atoms with Gasteiger partial charge >= 0.3 is 6.18 Å². The van der Waals surface area contributed by atoms with Crippen molar-refractivity contribution in [3.63, 3.8) is 0 Å². The predicted molar refractivity (Wildman–Crippen MR) is 110 cm³/mol. The molecule has 0 bridgehead atoms. The number of piperazine rings is 1. The fourth-order valence-electron chi connectivity index (χ4n) is 3.51. The molecule has 1 aliphatic rings. The Bertz CT molecular complexity index is 1220. The first-order chi connectivity index (χ1) is 14.7. The lowest BCUT2D eigenvalue weighted by Gasteiger charge is -2.34. The highest BCUT2D eigenvalue weighted by atomic mass is 32.2. The number of anilines is 1. The average molecular weight is 449 g/mol. The van der Waals surface area contributed by atoms with Gasteiger partial charge in [0.15, 0.2) is 0 Å². The molecule has 1 fully saturated rings. The monoisotopic (exact) mass is 449 g/mol. The molecule has 6 nitrogen and oxygen atoms in total. The third-order valence-corrected chi connectivity index (χ3v) is 7.08. The van der Waals surface area contributed by atoms with Crippen molar-refractivity contribution in [3.8, 4) is 0 Å². The number of carbonyl (C=O) groups excluding carboxylic acids is 1. The van der Waals surface area contributed by atoms with Crippen LogP contribution in [0.5, 0.6) is 0 Å². The molecule has 10 heteroatoms. The van der Waals surface area contributed by atoms with Crippen LogP contribution in [0.3, 0.4) is 0 Å². The average Bonchev–Trinajstić information content (AvgIpc) is 2.78. The number of pyridine rings is 1. The molecule has 0 N–H and O–H groups in total. The van der Waals surface area contributed by atoms with Crippen LogP contribution in [-0.2, 0) is 10.0 Å². The van der Waals surface area contributed by atoms with Gasteiger partial charge < -0.3 is 4.90 Å². The lowest BCUT2D eigenvalue weighted by atomic mass is 10.1. The van der Waals surface area contributed by atoms with Crippen LogP contribution < -0.4 is 4.90 Å². The van der Waals surface area contributed by atoms with Crippen LogP contribution in [0.2, 0.25) is 0 Å². The van der Waals surface area contributed by atoms with Crippen LogP contribution >= 0.6 is 0 Å². The van der Waals surface area contributed by atoms with Crippen LogP contribution in [0, 0.1) is 0 Å². The van der Waals surface area contributed by atoms with Crippen molar-refractivity contribution in [2.75, 3.05) is 31.1 Å². The first-order valence-electron chi connectivity index (χ1n) is 9.48. The number of benzene rings is 2. The summed E-state index contributed by atoms with van der Waals surface area (Å²) in [5.74, 6) is -1.56. The topological polar surface area (TPSA) is 70.6 Å². The molecule has 3 aromatic rings. The maximum atomic E-state index is 13.0. The maximum absolute atomic E-state index is 13.0. The Hall–Kier alpha value is -2.98. The summed E-state index contributed by atoms with van der Waals surface area (Å²) >= 11 is 0. The Kier molecular flexibility index (Phi) is 5.44. The lowest BCUT2D eigenvalue weighted by Crippen LogP contribution is -2.48. The standard InChI is InChI=1S/C21H18F3N3O3S/c22-21(23,24)20(28)17-6-8-19(25-14-17)26-9-11-27(12-10-26)31(29,30)18-7-5-15-3-1-2-4-16(15)13-18/h1-8,13-14H,9-12H2. The van der Waals surface area contributed by atoms with Crippen molar-refractivity contribution < 1.29 is 26.4 Å². The number of halogens is 3. The minimum atomic E-state index is -4.95. The molecular weight excluding hydrogens is 431 g/mol. The molecule has 4 rings (SSSR count). The molecule has 2 heterocycles. The summed E-state index contributed by atoms with van der Waals surface area (Å²) < 4.78 is 65.0. The number of Topliss-reactive ketones (excluding diaryl/α,β-unsaturated/α-hetero) is 1. The third kappa shape index (κ3) is 4.26. The van der Waals surface area contributed by atoms with Crippen LogP contribution in [0.25, 0.3) is 10.8 Å². The van der Waals surface area contributed by atoms with E-state index in [9.17, 15) is 26.4 Å². The number of rotatable bonds is 4. The molecule has 162 valence electrons. The molecule has 0 spiro atoms. The van der Waals surface area contributed by atoms with Gasteiger partial charge in [0.05, 0.1) is 4.90 Å². The van der Waals surface area contributed by atoms with E-state index in [1.807, 2.05) is 24.3 Å². The summed E-state index contributed by atoms with van der Waals surface area (Å²) in [5.41, 5.74) is -0.534. The summed E-state index contributed by atoms with van der Waals surface area (Å²) in [6, 6.07) is 14.9. The Balaban J connectivity index is 1.46. The Morgan fingerprint density at radius 1 is 0.903 bits per heavy atom. The number of hydrogen-bond acceptors (Lipinski definition) is 5. The van der Waals surface area contributed by atoms with Gasteiger partial charge in [-0.15, -0.1) is 0 Å². The number of fused-ring (bicyclic) bond motifs is 1. The van der Waals surface area contributed by atoms with E-state index in [1.165, 1.54) is 10.4 Å². The molecule has 0 unspecified atom stereocenters.